The molecule has 0 unspecified atom stereocenters. The highest BCUT2D eigenvalue weighted by atomic mass is 35.5. The number of amides is 1. The smallest absolute Gasteiger partial charge is 0.338 e. The van der Waals surface area contributed by atoms with E-state index >= 15 is 0 Å². The Labute approximate surface area is 152 Å². The molecule has 1 aromatic rings. The van der Waals surface area contributed by atoms with Gasteiger partial charge in [0.1, 0.15) is 4.90 Å². The average molecular weight is 389 g/mol. The molecule has 0 bridgehead atoms. The lowest BCUT2D eigenvalue weighted by atomic mass is 9.94. The SMILES string of the molecule is CN(C(=O)COC(=O)c1ccc(Cl)c(S(N)(=O)=O)c1)C1CCCCC1. The Morgan fingerprint density at radius 2 is 1.92 bits per heavy atom. The van der Waals surface area contributed by atoms with Crippen molar-refractivity contribution in [1.82, 2.24) is 4.90 Å². The summed E-state index contributed by atoms with van der Waals surface area (Å²) >= 11 is 5.77. The number of likely N-dealkylation sites (N-methyl/N-ethyl adjacent to an activating group) is 1. The fourth-order valence-corrected chi connectivity index (χ4v) is 3.90. The van der Waals surface area contributed by atoms with Gasteiger partial charge in [-0.1, -0.05) is 30.9 Å². The Morgan fingerprint density at radius 1 is 1.28 bits per heavy atom. The van der Waals surface area contributed by atoms with Crippen LogP contribution in [0.2, 0.25) is 5.02 Å². The molecule has 0 aromatic heterocycles. The third-order valence-corrected chi connectivity index (χ3v) is 5.71. The van der Waals surface area contributed by atoms with E-state index in [1.165, 1.54) is 18.6 Å². The van der Waals surface area contributed by atoms with E-state index in [4.69, 9.17) is 21.5 Å². The molecule has 1 aliphatic carbocycles. The van der Waals surface area contributed by atoms with Gasteiger partial charge in [0.25, 0.3) is 5.91 Å². The molecule has 1 saturated carbocycles. The van der Waals surface area contributed by atoms with Crippen molar-refractivity contribution < 1.29 is 22.7 Å². The molecule has 0 heterocycles. The summed E-state index contributed by atoms with van der Waals surface area (Å²) in [4.78, 5) is 25.5. The van der Waals surface area contributed by atoms with Crippen LogP contribution in [0.15, 0.2) is 23.1 Å². The first-order valence-electron chi connectivity index (χ1n) is 7.95. The molecule has 9 heteroatoms. The van der Waals surface area contributed by atoms with Crippen LogP contribution in [0, 0.1) is 0 Å². The van der Waals surface area contributed by atoms with Crippen molar-refractivity contribution in [2.45, 2.75) is 43.0 Å². The van der Waals surface area contributed by atoms with E-state index in [9.17, 15) is 18.0 Å². The normalized spacial score (nSPS) is 15.6. The Morgan fingerprint density at radius 3 is 2.52 bits per heavy atom. The lowest BCUT2D eigenvalue weighted by Gasteiger charge is -2.31. The number of ether oxygens (including phenoxy) is 1. The Hall–Kier alpha value is -1.64. The van der Waals surface area contributed by atoms with E-state index in [0.717, 1.165) is 31.7 Å². The summed E-state index contributed by atoms with van der Waals surface area (Å²) < 4.78 is 27.9. The summed E-state index contributed by atoms with van der Waals surface area (Å²) in [5.41, 5.74) is -0.0402. The third-order valence-electron chi connectivity index (χ3n) is 4.32. The molecular formula is C16H21ClN2O5S. The lowest BCUT2D eigenvalue weighted by molar-refractivity contribution is -0.135. The van der Waals surface area contributed by atoms with Crippen molar-refractivity contribution >= 4 is 33.5 Å². The zero-order valence-electron chi connectivity index (χ0n) is 13.9. The Bertz CT molecular complexity index is 760. The number of primary sulfonamides is 1. The summed E-state index contributed by atoms with van der Waals surface area (Å²) in [5, 5.41) is 4.96. The van der Waals surface area contributed by atoms with Crippen LogP contribution in [0.3, 0.4) is 0 Å². The van der Waals surface area contributed by atoms with Gasteiger partial charge in [0.15, 0.2) is 6.61 Å². The molecule has 25 heavy (non-hydrogen) atoms. The third kappa shape index (κ3) is 5.17. The van der Waals surface area contributed by atoms with Crippen LogP contribution in [0.4, 0.5) is 0 Å². The lowest BCUT2D eigenvalue weighted by Crippen LogP contribution is -2.40. The standard InChI is InChI=1S/C16H21ClN2O5S/c1-19(12-5-3-2-4-6-12)15(20)10-24-16(21)11-7-8-13(17)14(9-11)25(18,22)23/h7-9,12H,2-6,10H2,1H3,(H2,18,22,23). The van der Waals surface area contributed by atoms with Gasteiger partial charge in [-0.15, -0.1) is 0 Å². The van der Waals surface area contributed by atoms with Gasteiger partial charge in [0.2, 0.25) is 10.0 Å². The molecule has 0 saturated heterocycles. The molecule has 1 aromatic carbocycles. The highest BCUT2D eigenvalue weighted by Gasteiger charge is 2.23. The van der Waals surface area contributed by atoms with Crippen LogP contribution in [0.5, 0.6) is 0 Å². The first-order valence-corrected chi connectivity index (χ1v) is 9.87. The Kier molecular flexibility index (Phi) is 6.42. The van der Waals surface area contributed by atoms with Crippen molar-refractivity contribution in [2.75, 3.05) is 13.7 Å². The molecule has 0 radical (unpaired) electrons. The predicted octanol–water partition coefficient (Wildman–Crippen LogP) is 1.94. The fourth-order valence-electron chi connectivity index (χ4n) is 2.83. The number of hydrogen-bond donors (Lipinski definition) is 1. The van der Waals surface area contributed by atoms with Gasteiger partial charge < -0.3 is 9.64 Å². The average Bonchev–Trinajstić information content (AvgIpc) is 2.58. The second kappa shape index (κ2) is 8.16. The van der Waals surface area contributed by atoms with Gasteiger partial charge in [-0.05, 0) is 31.0 Å². The molecule has 2 N–H and O–H groups in total. The summed E-state index contributed by atoms with van der Waals surface area (Å²) in [6, 6.07) is 3.77. The van der Waals surface area contributed by atoms with Crippen molar-refractivity contribution in [3.63, 3.8) is 0 Å². The molecule has 0 atom stereocenters. The van der Waals surface area contributed by atoms with Crippen molar-refractivity contribution in [1.29, 1.82) is 0 Å². The molecule has 1 amide bonds. The zero-order chi connectivity index (χ0) is 18.6. The van der Waals surface area contributed by atoms with E-state index in [0.29, 0.717) is 0 Å². The second-order valence-corrected chi connectivity index (χ2v) is 8.00. The van der Waals surface area contributed by atoms with E-state index in [1.807, 2.05) is 0 Å². The largest absolute Gasteiger partial charge is 0.452 e. The molecule has 0 spiro atoms. The van der Waals surface area contributed by atoms with Gasteiger partial charge in [0.05, 0.1) is 10.6 Å². The molecule has 1 aliphatic rings. The highest BCUT2D eigenvalue weighted by molar-refractivity contribution is 7.89. The summed E-state index contributed by atoms with van der Waals surface area (Å²) in [7, 11) is -2.36. The minimum absolute atomic E-state index is 0.0402. The van der Waals surface area contributed by atoms with Crippen molar-refractivity contribution in [3.8, 4) is 0 Å². The molecule has 7 nitrogen and oxygen atoms in total. The first-order chi connectivity index (χ1) is 11.7. The topological polar surface area (TPSA) is 107 Å². The van der Waals surface area contributed by atoms with Crippen LogP contribution in [-0.4, -0.2) is 44.9 Å². The van der Waals surface area contributed by atoms with Gasteiger partial charge in [-0.3, -0.25) is 4.79 Å². The number of esters is 1. The maximum absolute atomic E-state index is 12.2. The maximum atomic E-state index is 12.2. The maximum Gasteiger partial charge on any atom is 0.338 e. The minimum atomic E-state index is -4.06. The van der Waals surface area contributed by atoms with E-state index in [-0.39, 0.29) is 27.4 Å². The second-order valence-electron chi connectivity index (χ2n) is 6.06. The number of halogens is 1. The zero-order valence-corrected chi connectivity index (χ0v) is 15.5. The number of hydrogen-bond acceptors (Lipinski definition) is 5. The fraction of sp³-hybridized carbons (Fsp3) is 0.500. The monoisotopic (exact) mass is 388 g/mol. The summed E-state index contributed by atoms with van der Waals surface area (Å²) in [5.74, 6) is -1.10. The molecular weight excluding hydrogens is 368 g/mol. The number of nitrogens with two attached hydrogens (primary N) is 1. The number of carbonyl (C=O) groups is 2. The van der Waals surface area contributed by atoms with Gasteiger partial charge in [-0.25, -0.2) is 18.4 Å². The van der Waals surface area contributed by atoms with Crippen LogP contribution < -0.4 is 5.14 Å². The van der Waals surface area contributed by atoms with Crippen LogP contribution in [-0.2, 0) is 19.6 Å². The quantitative estimate of drug-likeness (QED) is 0.775. The summed E-state index contributed by atoms with van der Waals surface area (Å²) in [6.07, 6.45) is 5.25. The van der Waals surface area contributed by atoms with Gasteiger partial charge in [-0.2, -0.15) is 0 Å². The summed E-state index contributed by atoms with van der Waals surface area (Å²) in [6.45, 7) is -0.404. The number of carbonyl (C=O) groups excluding carboxylic acids is 2. The number of benzene rings is 1. The number of rotatable bonds is 5. The van der Waals surface area contributed by atoms with Crippen molar-refractivity contribution in [2.24, 2.45) is 5.14 Å². The molecule has 138 valence electrons. The minimum Gasteiger partial charge on any atom is -0.452 e. The van der Waals surface area contributed by atoms with Crippen LogP contribution in [0.25, 0.3) is 0 Å². The molecule has 2 rings (SSSR count). The predicted molar refractivity (Wildman–Crippen MR) is 92.8 cm³/mol. The van der Waals surface area contributed by atoms with Crippen LogP contribution >= 0.6 is 11.6 Å². The van der Waals surface area contributed by atoms with Gasteiger partial charge in [0, 0.05) is 13.1 Å². The molecule has 1 fully saturated rings. The van der Waals surface area contributed by atoms with E-state index in [1.54, 1.807) is 11.9 Å². The first kappa shape index (κ1) is 19.7. The van der Waals surface area contributed by atoms with Gasteiger partial charge >= 0.3 is 5.97 Å². The molecule has 0 aliphatic heterocycles. The van der Waals surface area contributed by atoms with E-state index in [2.05, 4.69) is 0 Å². The van der Waals surface area contributed by atoms with Crippen molar-refractivity contribution in [3.05, 3.63) is 28.8 Å². The van der Waals surface area contributed by atoms with Crippen LogP contribution in [0.1, 0.15) is 42.5 Å². The number of nitrogens with zero attached hydrogens (tertiary/aromatic N) is 1. The number of sulfonamides is 1. The highest BCUT2D eigenvalue weighted by Crippen LogP contribution is 2.23. The Balaban J connectivity index is 1.99. The van der Waals surface area contributed by atoms with E-state index < -0.39 is 22.6 Å².